The number of benzene rings is 1. The summed E-state index contributed by atoms with van der Waals surface area (Å²) in [5, 5.41) is 2.57. The van der Waals surface area contributed by atoms with E-state index in [4.69, 9.17) is 9.47 Å². The molecule has 0 radical (unpaired) electrons. The summed E-state index contributed by atoms with van der Waals surface area (Å²) in [6, 6.07) is 9.34. The van der Waals surface area contributed by atoms with Gasteiger partial charge >= 0.3 is 6.18 Å². The van der Waals surface area contributed by atoms with E-state index < -0.39 is 23.6 Å². The van der Waals surface area contributed by atoms with Gasteiger partial charge in [0.15, 0.2) is 0 Å². The molecule has 1 aromatic carbocycles. The number of pyridine rings is 2. The fourth-order valence-corrected chi connectivity index (χ4v) is 4.11. The smallest absolute Gasteiger partial charge is 0.416 e. The van der Waals surface area contributed by atoms with Crippen LogP contribution in [-0.2, 0) is 20.5 Å². The van der Waals surface area contributed by atoms with Crippen LogP contribution in [0, 0.1) is 6.92 Å². The molecule has 0 saturated heterocycles. The van der Waals surface area contributed by atoms with Gasteiger partial charge < -0.3 is 19.7 Å². The molecule has 0 aliphatic carbocycles. The van der Waals surface area contributed by atoms with Crippen molar-refractivity contribution in [2.75, 3.05) is 37.1 Å². The van der Waals surface area contributed by atoms with Gasteiger partial charge in [0, 0.05) is 30.3 Å². The van der Waals surface area contributed by atoms with E-state index in [0.29, 0.717) is 34.8 Å². The summed E-state index contributed by atoms with van der Waals surface area (Å²) in [6.45, 7) is 3.59. The number of carbonyl (C=O) groups excluding carboxylic acids is 2. The number of alkyl halides is 3. The van der Waals surface area contributed by atoms with Crippen LogP contribution in [0.5, 0.6) is 5.88 Å². The zero-order valence-electron chi connectivity index (χ0n) is 20.4. The van der Waals surface area contributed by atoms with Crippen molar-refractivity contribution in [3.8, 4) is 17.0 Å². The van der Waals surface area contributed by atoms with E-state index in [1.807, 2.05) is 6.07 Å². The van der Waals surface area contributed by atoms with Crippen molar-refractivity contribution >= 4 is 23.2 Å². The highest BCUT2D eigenvalue weighted by atomic mass is 19.4. The Morgan fingerprint density at radius 2 is 1.89 bits per heavy atom. The molecule has 1 aliphatic rings. The number of ether oxygens (including phenoxy) is 2. The number of methoxy groups -OCH3 is 1. The van der Waals surface area contributed by atoms with Crippen molar-refractivity contribution in [2.45, 2.75) is 25.9 Å². The summed E-state index contributed by atoms with van der Waals surface area (Å²) >= 11 is 0. The Morgan fingerprint density at radius 1 is 1.16 bits per heavy atom. The monoisotopic (exact) mass is 514 g/mol. The van der Waals surface area contributed by atoms with Crippen LogP contribution in [0.4, 0.5) is 24.5 Å². The molecule has 0 saturated carbocycles. The first-order chi connectivity index (χ1) is 17.6. The minimum absolute atomic E-state index is 0.174. The molecule has 2 amide bonds. The molecular formula is C26H25F3N4O4. The van der Waals surface area contributed by atoms with Crippen molar-refractivity contribution in [3.63, 3.8) is 0 Å². The van der Waals surface area contributed by atoms with Crippen LogP contribution < -0.4 is 15.0 Å². The number of hydrogen-bond acceptors (Lipinski definition) is 6. The second-order valence-electron chi connectivity index (χ2n) is 8.51. The largest absolute Gasteiger partial charge is 0.475 e. The Bertz CT molecular complexity index is 1310. The second-order valence-corrected chi connectivity index (χ2v) is 8.51. The second kappa shape index (κ2) is 10.6. The third-order valence-corrected chi connectivity index (χ3v) is 5.86. The molecule has 2 aromatic heterocycles. The topological polar surface area (TPSA) is 93.7 Å². The van der Waals surface area contributed by atoms with E-state index in [-0.39, 0.29) is 30.6 Å². The Kier molecular flexibility index (Phi) is 7.44. The third-order valence-electron chi connectivity index (χ3n) is 5.86. The van der Waals surface area contributed by atoms with Crippen molar-refractivity contribution in [1.29, 1.82) is 0 Å². The highest BCUT2D eigenvalue weighted by Crippen LogP contribution is 2.44. The van der Waals surface area contributed by atoms with E-state index in [9.17, 15) is 22.8 Å². The van der Waals surface area contributed by atoms with Crippen LogP contribution in [0.3, 0.4) is 0 Å². The van der Waals surface area contributed by atoms with E-state index >= 15 is 0 Å². The number of hydrogen-bond donors (Lipinski definition) is 1. The maximum Gasteiger partial charge on any atom is 0.416 e. The predicted octanol–water partition coefficient (Wildman–Crippen LogP) is 4.58. The number of halogens is 3. The van der Waals surface area contributed by atoms with Crippen LogP contribution >= 0.6 is 0 Å². The van der Waals surface area contributed by atoms with Gasteiger partial charge in [-0.05, 0) is 50.2 Å². The summed E-state index contributed by atoms with van der Waals surface area (Å²) < 4.78 is 49.6. The van der Waals surface area contributed by atoms with Crippen molar-refractivity contribution in [2.24, 2.45) is 0 Å². The molecule has 0 fully saturated rings. The molecule has 0 unspecified atom stereocenters. The summed E-state index contributed by atoms with van der Waals surface area (Å²) in [5.41, 5.74) is 2.02. The van der Waals surface area contributed by atoms with E-state index in [0.717, 1.165) is 24.3 Å². The predicted molar refractivity (Wildman–Crippen MR) is 130 cm³/mol. The van der Waals surface area contributed by atoms with Gasteiger partial charge in [-0.25, -0.2) is 4.98 Å². The third kappa shape index (κ3) is 5.56. The molecule has 4 rings (SSSR count). The standard InChI is InChI=1S/C26H25F3N4O4/c1-15-13-20-22(24(31-15)37-12-11-36-3)19-5-4-10-30-23(19)16(2)25(35)33(20)14-21(34)32-18-8-6-17(7-9-18)26(27,28)29/h4-10,13,16H,11-12,14H2,1-3H3,(H,32,34)/t16-/m0/s1. The fraction of sp³-hybridized carbons (Fsp3) is 0.308. The number of aromatic nitrogens is 2. The summed E-state index contributed by atoms with van der Waals surface area (Å²) in [6.07, 6.45) is -2.90. The quantitative estimate of drug-likeness (QED) is 0.464. The number of fused-ring (bicyclic) bond motifs is 3. The van der Waals surface area contributed by atoms with Crippen molar-refractivity contribution < 1.29 is 32.2 Å². The maximum atomic E-state index is 13.6. The van der Waals surface area contributed by atoms with Crippen molar-refractivity contribution in [1.82, 2.24) is 9.97 Å². The molecule has 3 heterocycles. The molecule has 37 heavy (non-hydrogen) atoms. The van der Waals surface area contributed by atoms with Gasteiger partial charge in [0.05, 0.1) is 35.0 Å². The van der Waals surface area contributed by atoms with Gasteiger partial charge in [-0.1, -0.05) is 6.07 Å². The zero-order valence-corrected chi connectivity index (χ0v) is 20.4. The number of aryl methyl sites for hydroxylation is 1. The number of nitrogens with zero attached hydrogens (tertiary/aromatic N) is 3. The summed E-state index contributed by atoms with van der Waals surface area (Å²) in [4.78, 5) is 36.9. The lowest BCUT2D eigenvalue weighted by molar-refractivity contribution is -0.137. The van der Waals surface area contributed by atoms with Gasteiger partial charge in [0.2, 0.25) is 17.7 Å². The first-order valence-corrected chi connectivity index (χ1v) is 11.5. The van der Waals surface area contributed by atoms with Gasteiger partial charge in [-0.3, -0.25) is 14.6 Å². The highest BCUT2D eigenvalue weighted by molar-refractivity contribution is 6.09. The van der Waals surface area contributed by atoms with Gasteiger partial charge in [0.1, 0.15) is 13.2 Å². The fourth-order valence-electron chi connectivity index (χ4n) is 4.11. The molecule has 0 bridgehead atoms. The van der Waals surface area contributed by atoms with E-state index in [1.54, 1.807) is 39.3 Å². The highest BCUT2D eigenvalue weighted by Gasteiger charge is 2.36. The Labute approximate surface area is 211 Å². The lowest BCUT2D eigenvalue weighted by Crippen LogP contribution is -2.40. The molecular weight excluding hydrogens is 489 g/mol. The molecule has 1 atom stereocenters. The number of anilines is 2. The normalized spacial score (nSPS) is 15.0. The molecule has 3 aromatic rings. The Morgan fingerprint density at radius 3 is 2.57 bits per heavy atom. The summed E-state index contributed by atoms with van der Waals surface area (Å²) in [7, 11) is 1.55. The van der Waals surface area contributed by atoms with Crippen LogP contribution in [0.1, 0.15) is 29.8 Å². The number of rotatable bonds is 7. The summed E-state index contributed by atoms with van der Waals surface area (Å²) in [5.74, 6) is -1.36. The lowest BCUT2D eigenvalue weighted by atomic mass is 9.98. The van der Waals surface area contributed by atoms with Gasteiger partial charge in [-0.15, -0.1) is 0 Å². The average Bonchev–Trinajstić information content (AvgIpc) is 2.93. The van der Waals surface area contributed by atoms with Crippen LogP contribution in [0.2, 0.25) is 0 Å². The molecule has 11 heteroatoms. The molecule has 1 N–H and O–H groups in total. The SMILES string of the molecule is COCCOc1nc(C)cc2c1-c1cccnc1[C@H](C)C(=O)N2CC(=O)Nc1ccc(C(F)(F)F)cc1. The molecule has 194 valence electrons. The minimum atomic E-state index is -4.49. The van der Waals surface area contributed by atoms with E-state index in [2.05, 4.69) is 15.3 Å². The van der Waals surface area contributed by atoms with Crippen molar-refractivity contribution in [3.05, 3.63) is 65.6 Å². The first kappa shape index (κ1) is 26.1. The Hall–Kier alpha value is -3.99. The molecule has 0 spiro atoms. The minimum Gasteiger partial charge on any atom is -0.475 e. The Balaban J connectivity index is 1.71. The molecule has 1 aliphatic heterocycles. The maximum absolute atomic E-state index is 13.6. The van der Waals surface area contributed by atoms with Gasteiger partial charge in [0.25, 0.3) is 0 Å². The first-order valence-electron chi connectivity index (χ1n) is 11.5. The van der Waals surface area contributed by atoms with Crippen LogP contribution in [-0.4, -0.2) is 48.7 Å². The number of carbonyl (C=O) groups is 2. The average molecular weight is 515 g/mol. The van der Waals surface area contributed by atoms with E-state index in [1.165, 1.54) is 4.90 Å². The van der Waals surface area contributed by atoms with Gasteiger partial charge in [-0.2, -0.15) is 13.2 Å². The van der Waals surface area contributed by atoms with Crippen LogP contribution in [0.25, 0.3) is 11.1 Å². The lowest BCUT2D eigenvalue weighted by Gasteiger charge is -2.25. The number of amides is 2. The zero-order chi connectivity index (χ0) is 26.7. The van der Waals surface area contributed by atoms with Crippen LogP contribution in [0.15, 0.2) is 48.7 Å². The molecule has 8 nitrogen and oxygen atoms in total. The number of nitrogens with one attached hydrogen (secondary N) is 1.